The molecule has 0 saturated carbocycles. The van der Waals surface area contributed by atoms with Crippen LogP contribution in [0.15, 0.2) is 53.4 Å². The summed E-state index contributed by atoms with van der Waals surface area (Å²) in [6, 6.07) is 14.5. The molecule has 2 aromatic rings. The lowest BCUT2D eigenvalue weighted by Crippen LogP contribution is -2.38. The molecule has 0 aromatic heterocycles. The average molecular weight is 438 g/mol. The molecule has 0 amide bonds. The number of rotatable bonds is 7. The average Bonchev–Trinajstić information content (AvgIpc) is 2.73. The Hall–Kier alpha value is -2.09. The normalized spacial score (nSPS) is 15.8. The molecule has 1 aliphatic rings. The Kier molecular flexibility index (Phi) is 7.16. The summed E-state index contributed by atoms with van der Waals surface area (Å²) in [4.78, 5) is 11.3. The first kappa shape index (κ1) is 21.6. The zero-order valence-electron chi connectivity index (χ0n) is 16.2. The van der Waals surface area contributed by atoms with E-state index in [2.05, 4.69) is 16.9 Å². The lowest BCUT2D eigenvalue weighted by atomic mass is 9.91. The number of carbonyl (C=O) groups is 1. The molecule has 1 aliphatic heterocycles. The Morgan fingerprint density at radius 1 is 1.14 bits per heavy atom. The van der Waals surface area contributed by atoms with E-state index in [1.54, 1.807) is 0 Å². The van der Waals surface area contributed by atoms with Crippen LogP contribution in [0.25, 0.3) is 0 Å². The number of nitrogens with zero attached hydrogens (tertiary/aromatic N) is 1. The summed E-state index contributed by atoms with van der Waals surface area (Å²) in [5, 5.41) is 0.133. The summed E-state index contributed by atoms with van der Waals surface area (Å²) in [5.74, 6) is 0.162. The summed E-state index contributed by atoms with van der Waals surface area (Å²) in [7, 11) is -2.38. The van der Waals surface area contributed by atoms with Crippen LogP contribution >= 0.6 is 11.6 Å². The van der Waals surface area contributed by atoms with Gasteiger partial charge in [0.25, 0.3) is 0 Å². The third-order valence-corrected chi connectivity index (χ3v) is 7.25. The van der Waals surface area contributed by atoms with Gasteiger partial charge in [0.2, 0.25) is 10.0 Å². The van der Waals surface area contributed by atoms with Crippen LogP contribution in [0.5, 0.6) is 5.75 Å². The number of ether oxygens (including phenoxy) is 2. The quantitative estimate of drug-likeness (QED) is 0.619. The molecule has 0 spiro atoms. The summed E-state index contributed by atoms with van der Waals surface area (Å²) in [6.07, 6.45) is 2.61. The maximum atomic E-state index is 13.0. The van der Waals surface area contributed by atoms with Crippen molar-refractivity contribution in [3.8, 4) is 5.75 Å². The molecule has 6 nitrogen and oxygen atoms in total. The van der Waals surface area contributed by atoms with Gasteiger partial charge in [-0.05, 0) is 48.9 Å². The number of methoxy groups -OCH3 is 1. The highest BCUT2D eigenvalue weighted by atomic mass is 35.5. The van der Waals surface area contributed by atoms with E-state index in [4.69, 9.17) is 16.3 Å². The molecule has 8 heteroatoms. The molecule has 1 heterocycles. The molecule has 156 valence electrons. The van der Waals surface area contributed by atoms with Crippen LogP contribution in [0.3, 0.4) is 0 Å². The van der Waals surface area contributed by atoms with Gasteiger partial charge in [-0.25, -0.2) is 13.2 Å². The van der Waals surface area contributed by atoms with Gasteiger partial charge in [-0.3, -0.25) is 0 Å². The molecular formula is C21H24ClNO5S. The molecule has 0 aliphatic carbocycles. The summed E-state index contributed by atoms with van der Waals surface area (Å²) in [5.41, 5.74) is 1.28. The van der Waals surface area contributed by atoms with Crippen LogP contribution in [0.1, 0.15) is 18.4 Å². The second kappa shape index (κ2) is 9.61. The molecule has 1 fully saturated rings. The molecule has 1 saturated heterocycles. The van der Waals surface area contributed by atoms with Crippen LogP contribution in [0.4, 0.5) is 0 Å². The van der Waals surface area contributed by atoms with Crippen molar-refractivity contribution in [1.82, 2.24) is 4.31 Å². The van der Waals surface area contributed by atoms with Crippen molar-refractivity contribution in [1.29, 1.82) is 0 Å². The highest BCUT2D eigenvalue weighted by Gasteiger charge is 2.30. The summed E-state index contributed by atoms with van der Waals surface area (Å²) >= 11 is 6.15. The largest absolute Gasteiger partial charge is 0.480 e. The second-order valence-electron chi connectivity index (χ2n) is 6.99. The maximum absolute atomic E-state index is 13.0. The number of halogens is 1. The monoisotopic (exact) mass is 437 g/mol. The lowest BCUT2D eigenvalue weighted by Gasteiger charge is -2.31. The Morgan fingerprint density at radius 3 is 2.45 bits per heavy atom. The molecule has 0 N–H and O–H groups in total. The minimum Gasteiger partial charge on any atom is -0.480 e. The van der Waals surface area contributed by atoms with Gasteiger partial charge in [-0.1, -0.05) is 41.9 Å². The SMILES string of the molecule is COC(=O)COc1ccc(S(=O)(=O)N2CCC(Cc3ccccc3)CC2)cc1Cl. The zero-order chi connectivity index (χ0) is 20.9. The topological polar surface area (TPSA) is 72.9 Å². The molecule has 0 radical (unpaired) electrons. The fourth-order valence-corrected chi connectivity index (χ4v) is 5.20. The standard InChI is InChI=1S/C21H24ClNO5S/c1-27-21(24)15-28-20-8-7-18(14-19(20)22)29(25,26)23-11-9-17(10-12-23)13-16-5-3-2-4-6-16/h2-8,14,17H,9-13,15H2,1H3. The van der Waals surface area contributed by atoms with Crippen LogP contribution in [0, 0.1) is 5.92 Å². The molecule has 29 heavy (non-hydrogen) atoms. The van der Waals surface area contributed by atoms with Gasteiger partial charge < -0.3 is 9.47 Å². The number of hydrogen-bond acceptors (Lipinski definition) is 5. The van der Waals surface area contributed by atoms with Crippen LogP contribution in [0.2, 0.25) is 5.02 Å². The number of carbonyl (C=O) groups excluding carboxylic acids is 1. The zero-order valence-corrected chi connectivity index (χ0v) is 17.8. The van der Waals surface area contributed by atoms with E-state index in [0.717, 1.165) is 19.3 Å². The van der Waals surface area contributed by atoms with E-state index in [1.807, 2.05) is 18.2 Å². The van der Waals surface area contributed by atoms with Crippen molar-refractivity contribution >= 4 is 27.6 Å². The van der Waals surface area contributed by atoms with Crippen LogP contribution in [-0.4, -0.2) is 45.5 Å². The van der Waals surface area contributed by atoms with E-state index in [0.29, 0.717) is 19.0 Å². The van der Waals surface area contributed by atoms with Gasteiger partial charge in [0.1, 0.15) is 5.75 Å². The van der Waals surface area contributed by atoms with E-state index >= 15 is 0 Å². The fourth-order valence-electron chi connectivity index (χ4n) is 3.40. The molecule has 2 aromatic carbocycles. The van der Waals surface area contributed by atoms with Crippen molar-refractivity contribution in [2.24, 2.45) is 5.92 Å². The molecule has 3 rings (SSSR count). The predicted molar refractivity (Wildman–Crippen MR) is 111 cm³/mol. The highest BCUT2D eigenvalue weighted by Crippen LogP contribution is 2.31. The Labute approximate surface area is 176 Å². The first-order chi connectivity index (χ1) is 13.9. The minimum atomic E-state index is -3.63. The number of benzene rings is 2. The van der Waals surface area contributed by atoms with Crippen LogP contribution in [-0.2, 0) is 26.0 Å². The Balaban J connectivity index is 1.62. The Morgan fingerprint density at radius 2 is 1.83 bits per heavy atom. The van der Waals surface area contributed by atoms with E-state index < -0.39 is 16.0 Å². The second-order valence-corrected chi connectivity index (χ2v) is 9.34. The lowest BCUT2D eigenvalue weighted by molar-refractivity contribution is -0.142. The van der Waals surface area contributed by atoms with Crippen molar-refractivity contribution in [3.05, 3.63) is 59.1 Å². The van der Waals surface area contributed by atoms with Crippen molar-refractivity contribution in [2.45, 2.75) is 24.2 Å². The van der Waals surface area contributed by atoms with Gasteiger partial charge in [0.05, 0.1) is 17.0 Å². The van der Waals surface area contributed by atoms with Gasteiger partial charge in [-0.2, -0.15) is 4.31 Å². The third-order valence-electron chi connectivity index (χ3n) is 5.06. The van der Waals surface area contributed by atoms with Gasteiger partial charge >= 0.3 is 5.97 Å². The molecule has 0 atom stereocenters. The molecule has 0 bridgehead atoms. The first-order valence-electron chi connectivity index (χ1n) is 9.43. The number of piperidine rings is 1. The summed E-state index contributed by atoms with van der Waals surface area (Å²) < 4.78 is 37.2. The maximum Gasteiger partial charge on any atom is 0.343 e. The van der Waals surface area contributed by atoms with E-state index in [9.17, 15) is 13.2 Å². The van der Waals surface area contributed by atoms with Gasteiger partial charge in [0.15, 0.2) is 6.61 Å². The van der Waals surface area contributed by atoms with Crippen LogP contribution < -0.4 is 4.74 Å². The molecular weight excluding hydrogens is 414 g/mol. The predicted octanol–water partition coefficient (Wildman–Crippen LogP) is 3.54. The first-order valence-corrected chi connectivity index (χ1v) is 11.2. The van der Waals surface area contributed by atoms with Crippen molar-refractivity contribution in [3.63, 3.8) is 0 Å². The minimum absolute atomic E-state index is 0.120. The smallest absolute Gasteiger partial charge is 0.343 e. The number of sulfonamides is 1. The van der Waals surface area contributed by atoms with Crippen molar-refractivity contribution in [2.75, 3.05) is 26.8 Å². The number of hydrogen-bond donors (Lipinski definition) is 0. The van der Waals surface area contributed by atoms with Crippen molar-refractivity contribution < 1.29 is 22.7 Å². The summed E-state index contributed by atoms with van der Waals surface area (Å²) in [6.45, 7) is 0.674. The fraction of sp³-hybridized carbons (Fsp3) is 0.381. The Bertz CT molecular complexity index is 941. The highest BCUT2D eigenvalue weighted by molar-refractivity contribution is 7.89. The third kappa shape index (κ3) is 5.50. The number of esters is 1. The van der Waals surface area contributed by atoms with Gasteiger partial charge in [-0.15, -0.1) is 0 Å². The molecule has 0 unspecified atom stereocenters. The van der Waals surface area contributed by atoms with Gasteiger partial charge in [0, 0.05) is 13.1 Å². The van der Waals surface area contributed by atoms with E-state index in [-0.39, 0.29) is 22.3 Å². The van der Waals surface area contributed by atoms with E-state index in [1.165, 1.54) is 35.2 Å².